The number of carbonyl (C=O) groups excluding carboxylic acids is 1. The Morgan fingerprint density at radius 3 is 2.79 bits per heavy atom. The number of amides is 1. The van der Waals surface area contributed by atoms with Crippen molar-refractivity contribution in [3.05, 3.63) is 96.5 Å². The highest BCUT2D eigenvalue weighted by Crippen LogP contribution is 2.35. The van der Waals surface area contributed by atoms with Gasteiger partial charge < -0.3 is 16.0 Å². The molecule has 0 saturated heterocycles. The van der Waals surface area contributed by atoms with E-state index in [1.165, 1.54) is 0 Å². The van der Waals surface area contributed by atoms with Crippen molar-refractivity contribution in [2.75, 3.05) is 12.4 Å². The Balaban J connectivity index is 2.07. The van der Waals surface area contributed by atoms with Crippen LogP contribution in [0.2, 0.25) is 0 Å². The molecule has 0 aliphatic carbocycles. The number of benzene rings is 1. The van der Waals surface area contributed by atoms with E-state index >= 15 is 0 Å². The summed E-state index contributed by atoms with van der Waals surface area (Å²) in [6, 6.07) is 9.42. The molecule has 6 nitrogen and oxygen atoms in total. The number of fused-ring (bicyclic) bond motifs is 1. The number of hydrogen-bond donors (Lipinski definition) is 3. The van der Waals surface area contributed by atoms with E-state index in [0.29, 0.717) is 29.4 Å². The summed E-state index contributed by atoms with van der Waals surface area (Å²) in [4.78, 5) is 21.0. The van der Waals surface area contributed by atoms with E-state index in [1.807, 2.05) is 36.4 Å². The maximum absolute atomic E-state index is 12.6. The van der Waals surface area contributed by atoms with Crippen molar-refractivity contribution in [1.82, 2.24) is 15.6 Å². The molecule has 1 aliphatic heterocycles. The van der Waals surface area contributed by atoms with Gasteiger partial charge in [-0.05, 0) is 46.5 Å². The SMILES string of the molecule is C=CC(=C)/C(=C\C=N/C(=C)NC)c1ccc(Nc2ccccn2)c2c1CNC2=O. The molecule has 146 valence electrons. The predicted octanol–water partition coefficient (Wildman–Crippen LogP) is 3.96. The van der Waals surface area contributed by atoms with Crippen LogP contribution >= 0.6 is 0 Å². The summed E-state index contributed by atoms with van der Waals surface area (Å²) in [6.07, 6.45) is 6.88. The van der Waals surface area contributed by atoms with E-state index in [9.17, 15) is 4.79 Å². The zero-order valence-electron chi connectivity index (χ0n) is 16.3. The average molecular weight is 385 g/mol. The van der Waals surface area contributed by atoms with Crippen molar-refractivity contribution >= 4 is 29.2 Å². The molecule has 0 radical (unpaired) electrons. The molecule has 0 saturated carbocycles. The lowest BCUT2D eigenvalue weighted by Gasteiger charge is -2.15. The van der Waals surface area contributed by atoms with E-state index in [1.54, 1.807) is 25.5 Å². The molecule has 2 aromatic rings. The second kappa shape index (κ2) is 8.84. The van der Waals surface area contributed by atoms with Crippen LogP contribution in [-0.2, 0) is 6.54 Å². The Bertz CT molecular complexity index is 1030. The molecule has 1 amide bonds. The van der Waals surface area contributed by atoms with Crippen molar-refractivity contribution in [3.8, 4) is 0 Å². The monoisotopic (exact) mass is 385 g/mol. The molecule has 3 rings (SSSR count). The molecule has 0 spiro atoms. The standard InChI is InChI=1S/C23H23N5O/c1-5-15(2)17(11-13-25-16(3)24-4)18-9-10-20(22-19(18)14-27-23(22)29)28-21-8-6-7-12-26-21/h5-13,24H,1-3,14H2,4H3,(H,26,28)(H,27,29)/b17-11+,25-13-. The minimum atomic E-state index is -0.124. The summed E-state index contributed by atoms with van der Waals surface area (Å²) >= 11 is 0. The third kappa shape index (κ3) is 4.32. The van der Waals surface area contributed by atoms with Gasteiger partial charge in [-0.2, -0.15) is 0 Å². The number of nitrogens with zero attached hydrogens (tertiary/aromatic N) is 2. The van der Waals surface area contributed by atoms with E-state index in [2.05, 4.69) is 45.7 Å². The number of anilines is 2. The van der Waals surface area contributed by atoms with Gasteiger partial charge in [0.25, 0.3) is 5.91 Å². The fourth-order valence-electron chi connectivity index (χ4n) is 3.03. The van der Waals surface area contributed by atoms with Crippen LogP contribution in [0, 0.1) is 0 Å². The molecular weight excluding hydrogens is 362 g/mol. The van der Waals surface area contributed by atoms with E-state index < -0.39 is 0 Å². The molecule has 6 heteroatoms. The van der Waals surface area contributed by atoms with Crippen molar-refractivity contribution in [2.24, 2.45) is 4.99 Å². The van der Waals surface area contributed by atoms with Crippen LogP contribution in [0.5, 0.6) is 0 Å². The Morgan fingerprint density at radius 1 is 1.28 bits per heavy atom. The second-order valence-electron chi connectivity index (χ2n) is 6.32. The summed E-state index contributed by atoms with van der Waals surface area (Å²) in [7, 11) is 1.75. The van der Waals surface area contributed by atoms with E-state index in [-0.39, 0.29) is 5.91 Å². The summed E-state index contributed by atoms with van der Waals surface area (Å²) in [6.45, 7) is 12.1. The van der Waals surface area contributed by atoms with E-state index in [4.69, 9.17) is 0 Å². The minimum absolute atomic E-state index is 0.124. The molecular formula is C23H23N5O. The first-order chi connectivity index (χ1) is 14.0. The quantitative estimate of drug-likeness (QED) is 0.475. The normalized spacial score (nSPS) is 13.0. The molecule has 29 heavy (non-hydrogen) atoms. The van der Waals surface area contributed by atoms with Gasteiger partial charge in [0.05, 0.1) is 11.3 Å². The molecule has 0 atom stereocenters. The smallest absolute Gasteiger partial charge is 0.254 e. The predicted molar refractivity (Wildman–Crippen MR) is 119 cm³/mol. The number of allylic oxidation sites excluding steroid dienone is 4. The number of hydrogen-bond acceptors (Lipinski definition) is 5. The number of carbonyl (C=O) groups is 1. The van der Waals surface area contributed by atoms with Crippen molar-refractivity contribution < 1.29 is 4.79 Å². The molecule has 0 fully saturated rings. The first-order valence-electron chi connectivity index (χ1n) is 9.10. The fourth-order valence-corrected chi connectivity index (χ4v) is 3.03. The van der Waals surface area contributed by atoms with Crippen LogP contribution in [0.1, 0.15) is 21.5 Å². The highest BCUT2D eigenvalue weighted by Gasteiger charge is 2.27. The van der Waals surface area contributed by atoms with Gasteiger partial charge >= 0.3 is 0 Å². The molecule has 0 unspecified atom stereocenters. The first-order valence-corrected chi connectivity index (χ1v) is 9.10. The Kier molecular flexibility index (Phi) is 6.04. The molecule has 0 bridgehead atoms. The lowest BCUT2D eigenvalue weighted by Crippen LogP contribution is -2.13. The number of pyridine rings is 1. The topological polar surface area (TPSA) is 78.4 Å². The number of rotatable bonds is 8. The zero-order chi connectivity index (χ0) is 20.8. The lowest BCUT2D eigenvalue weighted by atomic mass is 9.91. The Morgan fingerprint density at radius 2 is 2.10 bits per heavy atom. The van der Waals surface area contributed by atoms with Crippen LogP contribution in [0.4, 0.5) is 11.5 Å². The maximum Gasteiger partial charge on any atom is 0.254 e. The van der Waals surface area contributed by atoms with Crippen LogP contribution in [0.15, 0.2) is 84.8 Å². The molecule has 1 aromatic carbocycles. The van der Waals surface area contributed by atoms with Crippen LogP contribution in [0.3, 0.4) is 0 Å². The first kappa shape index (κ1) is 19.8. The molecule has 1 aliphatic rings. The third-order valence-corrected chi connectivity index (χ3v) is 4.54. The van der Waals surface area contributed by atoms with Gasteiger partial charge in [0, 0.05) is 26.0 Å². The van der Waals surface area contributed by atoms with Gasteiger partial charge in [-0.3, -0.25) is 4.79 Å². The van der Waals surface area contributed by atoms with Gasteiger partial charge in [0.2, 0.25) is 0 Å². The minimum Gasteiger partial charge on any atom is -0.374 e. The maximum atomic E-state index is 12.6. The van der Waals surface area contributed by atoms with Gasteiger partial charge in [-0.1, -0.05) is 37.9 Å². The fraction of sp³-hybridized carbons (Fsp3) is 0.0870. The third-order valence-electron chi connectivity index (χ3n) is 4.54. The van der Waals surface area contributed by atoms with Crippen LogP contribution in [-0.4, -0.2) is 24.2 Å². The van der Waals surface area contributed by atoms with E-state index in [0.717, 1.165) is 22.3 Å². The van der Waals surface area contributed by atoms with Crippen molar-refractivity contribution in [1.29, 1.82) is 0 Å². The lowest BCUT2D eigenvalue weighted by molar-refractivity contribution is 0.0966. The second-order valence-corrected chi connectivity index (χ2v) is 6.32. The number of aromatic nitrogens is 1. The van der Waals surface area contributed by atoms with Crippen LogP contribution < -0.4 is 16.0 Å². The van der Waals surface area contributed by atoms with Crippen molar-refractivity contribution in [3.63, 3.8) is 0 Å². The molecule has 3 N–H and O–H groups in total. The Hall–Kier alpha value is -3.93. The van der Waals surface area contributed by atoms with Gasteiger partial charge in [0.15, 0.2) is 0 Å². The highest BCUT2D eigenvalue weighted by molar-refractivity contribution is 6.06. The van der Waals surface area contributed by atoms with Crippen molar-refractivity contribution in [2.45, 2.75) is 6.54 Å². The average Bonchev–Trinajstić information content (AvgIpc) is 3.14. The van der Waals surface area contributed by atoms with Gasteiger partial charge in [0.1, 0.15) is 11.6 Å². The molecule has 2 heterocycles. The van der Waals surface area contributed by atoms with Gasteiger partial charge in [-0.15, -0.1) is 0 Å². The van der Waals surface area contributed by atoms with Gasteiger partial charge in [-0.25, -0.2) is 9.98 Å². The van der Waals surface area contributed by atoms with Crippen LogP contribution in [0.25, 0.3) is 5.57 Å². The summed E-state index contributed by atoms with van der Waals surface area (Å²) < 4.78 is 0. The molecule has 1 aromatic heterocycles. The highest BCUT2D eigenvalue weighted by atomic mass is 16.1. The summed E-state index contributed by atoms with van der Waals surface area (Å²) in [5, 5.41) is 9.00. The largest absolute Gasteiger partial charge is 0.374 e. The summed E-state index contributed by atoms with van der Waals surface area (Å²) in [5.74, 6) is 1.09. The number of aliphatic imine (C=N–C) groups is 1. The Labute approximate surface area is 170 Å². The number of nitrogens with one attached hydrogen (secondary N) is 3. The zero-order valence-corrected chi connectivity index (χ0v) is 16.3. The summed E-state index contributed by atoms with van der Waals surface area (Å²) in [5.41, 5.74) is 4.68.